The lowest BCUT2D eigenvalue weighted by atomic mass is 10.1. The Bertz CT molecular complexity index is 1360. The van der Waals surface area contributed by atoms with Crippen molar-refractivity contribution in [1.82, 2.24) is 10.2 Å². The maximum Gasteiger partial charge on any atom is 0.264 e. The van der Waals surface area contributed by atoms with Crippen LogP contribution in [0.2, 0.25) is 10.0 Å². The number of hydrogen-bond donors (Lipinski definition) is 1. The molecular formula is C29H33Cl2N3O4S. The van der Waals surface area contributed by atoms with E-state index in [1.54, 1.807) is 67.6 Å². The largest absolute Gasteiger partial charge is 0.354 e. The Hall–Kier alpha value is -3.07. The second-order valence-electron chi connectivity index (χ2n) is 9.10. The minimum Gasteiger partial charge on any atom is -0.354 e. The van der Waals surface area contributed by atoms with Crippen LogP contribution in [0, 0.1) is 6.92 Å². The van der Waals surface area contributed by atoms with E-state index >= 15 is 0 Å². The van der Waals surface area contributed by atoms with Crippen LogP contribution in [0.25, 0.3) is 0 Å². The Morgan fingerprint density at radius 3 is 2.08 bits per heavy atom. The van der Waals surface area contributed by atoms with Gasteiger partial charge in [0.25, 0.3) is 10.0 Å². The van der Waals surface area contributed by atoms with Gasteiger partial charge in [-0.2, -0.15) is 0 Å². The third-order valence-electron chi connectivity index (χ3n) is 6.26. The Balaban J connectivity index is 2.07. The number of hydrogen-bond acceptors (Lipinski definition) is 4. The fraction of sp³-hybridized carbons (Fsp3) is 0.310. The number of carbonyl (C=O) groups is 2. The first kappa shape index (κ1) is 30.5. The van der Waals surface area contributed by atoms with Crippen LogP contribution in [-0.4, -0.2) is 44.3 Å². The zero-order valence-electron chi connectivity index (χ0n) is 22.2. The molecule has 0 aromatic heterocycles. The van der Waals surface area contributed by atoms with Crippen molar-refractivity contribution >= 4 is 50.7 Å². The second kappa shape index (κ2) is 13.8. The van der Waals surface area contributed by atoms with Crippen LogP contribution in [0.1, 0.15) is 37.8 Å². The van der Waals surface area contributed by atoms with E-state index in [0.29, 0.717) is 34.3 Å². The number of benzene rings is 3. The normalized spacial score (nSPS) is 12.0. The molecule has 0 bridgehead atoms. The van der Waals surface area contributed by atoms with E-state index in [4.69, 9.17) is 23.2 Å². The summed E-state index contributed by atoms with van der Waals surface area (Å²) in [5.41, 5.74) is 1.75. The van der Waals surface area contributed by atoms with E-state index in [9.17, 15) is 18.0 Å². The van der Waals surface area contributed by atoms with E-state index in [0.717, 1.165) is 16.3 Å². The molecule has 0 spiro atoms. The lowest BCUT2D eigenvalue weighted by Crippen LogP contribution is -2.52. The molecule has 3 aromatic rings. The monoisotopic (exact) mass is 589 g/mol. The molecule has 0 heterocycles. The molecule has 7 nitrogen and oxygen atoms in total. The SMILES string of the molecule is CCCNC(=O)[C@H](CC)N(Cc1c(Cl)cccc1Cl)C(=O)CN(c1ccc(C)cc1)S(=O)(=O)c1ccccc1. The van der Waals surface area contributed by atoms with Crippen molar-refractivity contribution in [3.05, 3.63) is 94.0 Å². The van der Waals surface area contributed by atoms with Crippen molar-refractivity contribution in [3.63, 3.8) is 0 Å². The highest BCUT2D eigenvalue weighted by atomic mass is 35.5. The minimum atomic E-state index is -4.12. The van der Waals surface area contributed by atoms with E-state index in [-0.39, 0.29) is 17.3 Å². The quantitative estimate of drug-likeness (QED) is 0.288. The number of sulfonamides is 1. The summed E-state index contributed by atoms with van der Waals surface area (Å²) in [7, 11) is -4.12. The van der Waals surface area contributed by atoms with Crippen LogP contribution in [0.4, 0.5) is 5.69 Å². The molecule has 0 radical (unpaired) electrons. The zero-order chi connectivity index (χ0) is 28.6. The molecule has 0 aliphatic carbocycles. The summed E-state index contributed by atoms with van der Waals surface area (Å²) in [5, 5.41) is 3.54. The third kappa shape index (κ3) is 7.53. The highest BCUT2D eigenvalue weighted by Gasteiger charge is 2.34. The van der Waals surface area contributed by atoms with Crippen LogP contribution in [0.3, 0.4) is 0 Å². The lowest BCUT2D eigenvalue weighted by Gasteiger charge is -2.33. The molecule has 0 aliphatic rings. The molecule has 1 N–H and O–H groups in total. The first-order valence-corrected chi connectivity index (χ1v) is 14.9. The number of amides is 2. The van der Waals surface area contributed by atoms with Crippen LogP contribution in [0.5, 0.6) is 0 Å². The number of aryl methyl sites for hydroxylation is 1. The molecule has 0 saturated heterocycles. The van der Waals surface area contributed by atoms with E-state index < -0.39 is 28.5 Å². The molecule has 39 heavy (non-hydrogen) atoms. The van der Waals surface area contributed by atoms with Gasteiger partial charge in [-0.15, -0.1) is 0 Å². The molecule has 0 saturated carbocycles. The summed E-state index contributed by atoms with van der Waals surface area (Å²) in [6.45, 7) is 5.47. The van der Waals surface area contributed by atoms with Gasteiger partial charge >= 0.3 is 0 Å². The topological polar surface area (TPSA) is 86.8 Å². The predicted octanol–water partition coefficient (Wildman–Crippen LogP) is 5.83. The van der Waals surface area contributed by atoms with E-state index in [1.165, 1.54) is 17.0 Å². The van der Waals surface area contributed by atoms with Gasteiger partial charge in [0.2, 0.25) is 11.8 Å². The van der Waals surface area contributed by atoms with Gasteiger partial charge in [-0.25, -0.2) is 8.42 Å². The molecule has 0 unspecified atom stereocenters. The smallest absolute Gasteiger partial charge is 0.264 e. The van der Waals surface area contributed by atoms with Gasteiger partial charge in [-0.3, -0.25) is 13.9 Å². The summed E-state index contributed by atoms with van der Waals surface area (Å²) < 4.78 is 28.7. The number of rotatable bonds is 12. The molecular weight excluding hydrogens is 557 g/mol. The molecule has 10 heteroatoms. The van der Waals surface area contributed by atoms with Gasteiger partial charge in [-0.1, -0.05) is 79.0 Å². The van der Waals surface area contributed by atoms with Gasteiger partial charge in [0.15, 0.2) is 0 Å². The number of anilines is 1. The number of nitrogens with zero attached hydrogens (tertiary/aromatic N) is 2. The Kier molecular flexibility index (Phi) is 10.8. The summed E-state index contributed by atoms with van der Waals surface area (Å²) in [5.74, 6) is -0.895. The highest BCUT2D eigenvalue weighted by molar-refractivity contribution is 7.92. The molecule has 208 valence electrons. The average Bonchev–Trinajstić information content (AvgIpc) is 2.92. The maximum atomic E-state index is 14.0. The zero-order valence-corrected chi connectivity index (χ0v) is 24.6. The maximum absolute atomic E-state index is 14.0. The van der Waals surface area contributed by atoms with Crippen molar-refractivity contribution in [2.24, 2.45) is 0 Å². The fourth-order valence-corrected chi connectivity index (χ4v) is 6.05. The van der Waals surface area contributed by atoms with Gasteiger partial charge in [0.1, 0.15) is 12.6 Å². The Labute approximate surface area is 240 Å². The van der Waals surface area contributed by atoms with Crippen molar-refractivity contribution in [1.29, 1.82) is 0 Å². The first-order valence-electron chi connectivity index (χ1n) is 12.7. The van der Waals surface area contributed by atoms with Crippen LogP contribution >= 0.6 is 23.2 Å². The van der Waals surface area contributed by atoms with Crippen LogP contribution < -0.4 is 9.62 Å². The summed E-state index contributed by atoms with van der Waals surface area (Å²) in [6.07, 6.45) is 1.03. The third-order valence-corrected chi connectivity index (χ3v) is 8.75. The molecule has 1 atom stereocenters. The second-order valence-corrected chi connectivity index (χ2v) is 11.8. The Morgan fingerprint density at radius 2 is 1.51 bits per heavy atom. The average molecular weight is 591 g/mol. The van der Waals surface area contributed by atoms with Gasteiger partial charge in [0.05, 0.1) is 10.6 Å². The number of halogens is 2. The van der Waals surface area contributed by atoms with Crippen molar-refractivity contribution in [3.8, 4) is 0 Å². The molecule has 3 aromatic carbocycles. The lowest BCUT2D eigenvalue weighted by molar-refractivity contribution is -0.140. The van der Waals surface area contributed by atoms with Gasteiger partial charge in [-0.05, 0) is 56.2 Å². The number of carbonyl (C=O) groups excluding carboxylic acids is 2. The molecule has 3 rings (SSSR count). The summed E-state index contributed by atoms with van der Waals surface area (Å²) in [6, 6.07) is 18.9. The first-order chi connectivity index (χ1) is 18.6. The van der Waals surface area contributed by atoms with Gasteiger partial charge in [0, 0.05) is 28.7 Å². The molecule has 0 fully saturated rings. The Morgan fingerprint density at radius 1 is 0.897 bits per heavy atom. The van der Waals surface area contributed by atoms with Crippen molar-refractivity contribution in [2.75, 3.05) is 17.4 Å². The highest BCUT2D eigenvalue weighted by Crippen LogP contribution is 2.29. The van der Waals surface area contributed by atoms with Crippen LogP contribution in [-0.2, 0) is 26.2 Å². The van der Waals surface area contributed by atoms with Gasteiger partial charge < -0.3 is 10.2 Å². The van der Waals surface area contributed by atoms with E-state index in [2.05, 4.69) is 5.32 Å². The molecule has 0 aliphatic heterocycles. The van der Waals surface area contributed by atoms with Crippen molar-refractivity contribution in [2.45, 2.75) is 51.1 Å². The van der Waals surface area contributed by atoms with Crippen molar-refractivity contribution < 1.29 is 18.0 Å². The van der Waals surface area contributed by atoms with Crippen LogP contribution in [0.15, 0.2) is 77.7 Å². The predicted molar refractivity (Wildman–Crippen MR) is 157 cm³/mol. The molecule has 2 amide bonds. The van der Waals surface area contributed by atoms with E-state index in [1.807, 2.05) is 13.8 Å². The summed E-state index contributed by atoms with van der Waals surface area (Å²) >= 11 is 12.9. The summed E-state index contributed by atoms with van der Waals surface area (Å²) in [4.78, 5) is 28.6. The number of nitrogens with one attached hydrogen (secondary N) is 1. The fourth-order valence-electron chi connectivity index (χ4n) is 4.10. The minimum absolute atomic E-state index is 0.0480. The standard InChI is InChI=1S/C29H33Cl2N3O4S/c1-4-18-32-29(36)27(5-2)33(19-24-25(30)12-9-13-26(24)31)28(35)20-34(22-16-14-21(3)15-17-22)39(37,38)23-10-7-6-8-11-23/h6-17,27H,4-5,18-20H2,1-3H3,(H,32,36)/t27-/m0/s1.